The van der Waals surface area contributed by atoms with Crippen LogP contribution in [0, 0.1) is 6.92 Å². The third kappa shape index (κ3) is 4.44. The minimum Gasteiger partial charge on any atom is -0.462 e. The van der Waals surface area contributed by atoms with Crippen LogP contribution in [0.15, 0.2) is 18.2 Å². The summed E-state index contributed by atoms with van der Waals surface area (Å²) in [5, 5.41) is 8.60. The Kier molecular flexibility index (Phi) is 5.49. The summed E-state index contributed by atoms with van der Waals surface area (Å²) in [4.78, 5) is 11.7. The summed E-state index contributed by atoms with van der Waals surface area (Å²) < 4.78 is 5.13. The summed E-state index contributed by atoms with van der Waals surface area (Å²) in [6, 6.07) is 5.19. The minimum absolute atomic E-state index is 0.183. The second-order valence-electron chi connectivity index (χ2n) is 3.99. The van der Waals surface area contributed by atoms with Crippen molar-refractivity contribution < 1.29 is 14.6 Å². The van der Waals surface area contributed by atoms with Crippen molar-refractivity contribution in [3.05, 3.63) is 29.3 Å². The van der Waals surface area contributed by atoms with Gasteiger partial charge < -0.3 is 15.6 Å². The number of aliphatic hydroxyl groups excluding tert-OH is 1. The Bertz CT molecular complexity index is 377. The molecule has 0 fully saturated rings. The van der Waals surface area contributed by atoms with Crippen molar-refractivity contribution in [1.82, 2.24) is 0 Å². The lowest BCUT2D eigenvalue weighted by Crippen LogP contribution is -2.09. The number of rotatable bonds is 6. The molecule has 0 unspecified atom stereocenters. The van der Waals surface area contributed by atoms with E-state index in [-0.39, 0.29) is 12.6 Å². The van der Waals surface area contributed by atoms with Crippen LogP contribution in [0.25, 0.3) is 0 Å². The van der Waals surface area contributed by atoms with Gasteiger partial charge in [0.25, 0.3) is 0 Å². The number of aliphatic hydroxyl groups is 1. The number of hydrogen-bond donors (Lipinski definition) is 2. The second kappa shape index (κ2) is 6.91. The van der Waals surface area contributed by atoms with E-state index in [1.54, 1.807) is 18.2 Å². The summed E-state index contributed by atoms with van der Waals surface area (Å²) in [7, 11) is 0. The zero-order valence-electron chi connectivity index (χ0n) is 10.1. The van der Waals surface area contributed by atoms with Crippen molar-refractivity contribution in [2.45, 2.75) is 26.2 Å². The molecule has 0 aliphatic rings. The monoisotopic (exact) mass is 237 g/mol. The van der Waals surface area contributed by atoms with Crippen LogP contribution in [0.4, 0.5) is 5.69 Å². The Labute approximate surface area is 101 Å². The van der Waals surface area contributed by atoms with Crippen molar-refractivity contribution in [2.75, 3.05) is 18.9 Å². The number of nitrogen functional groups attached to an aromatic ring is 1. The normalized spacial score (nSPS) is 10.2. The molecule has 1 aromatic rings. The highest BCUT2D eigenvalue weighted by Gasteiger charge is 2.10. The number of nitrogens with two attached hydrogens (primary N) is 1. The van der Waals surface area contributed by atoms with Crippen molar-refractivity contribution >= 4 is 11.7 Å². The largest absolute Gasteiger partial charge is 0.462 e. The van der Waals surface area contributed by atoms with Crippen LogP contribution in [0.3, 0.4) is 0 Å². The molecule has 1 rings (SSSR count). The molecule has 94 valence electrons. The molecule has 17 heavy (non-hydrogen) atoms. The summed E-state index contributed by atoms with van der Waals surface area (Å²) >= 11 is 0. The Morgan fingerprint density at radius 1 is 1.35 bits per heavy atom. The molecule has 0 atom stereocenters. The van der Waals surface area contributed by atoms with Crippen LogP contribution < -0.4 is 5.73 Å². The molecule has 0 heterocycles. The lowest BCUT2D eigenvalue weighted by molar-refractivity contribution is 0.0496. The molecule has 0 saturated heterocycles. The first-order chi connectivity index (χ1) is 8.15. The average Bonchev–Trinajstić information content (AvgIpc) is 2.32. The highest BCUT2D eigenvalue weighted by atomic mass is 16.5. The predicted molar refractivity (Wildman–Crippen MR) is 66.8 cm³/mol. The van der Waals surface area contributed by atoms with Crippen LogP contribution in [0.1, 0.15) is 35.2 Å². The first-order valence-corrected chi connectivity index (χ1v) is 5.79. The smallest absolute Gasteiger partial charge is 0.338 e. The number of hydrogen-bond acceptors (Lipinski definition) is 4. The lowest BCUT2D eigenvalue weighted by Gasteiger charge is -2.07. The van der Waals surface area contributed by atoms with Crippen molar-refractivity contribution in [2.24, 2.45) is 0 Å². The van der Waals surface area contributed by atoms with E-state index in [4.69, 9.17) is 15.6 Å². The topological polar surface area (TPSA) is 72.6 Å². The summed E-state index contributed by atoms with van der Waals surface area (Å²) in [6.45, 7) is 2.41. The first-order valence-electron chi connectivity index (χ1n) is 5.79. The van der Waals surface area contributed by atoms with E-state index in [1.165, 1.54) is 0 Å². The fourth-order valence-corrected chi connectivity index (χ4v) is 1.49. The van der Waals surface area contributed by atoms with Gasteiger partial charge in [-0.2, -0.15) is 0 Å². The zero-order chi connectivity index (χ0) is 12.7. The number of esters is 1. The van der Waals surface area contributed by atoms with E-state index in [2.05, 4.69) is 0 Å². The minimum atomic E-state index is -0.334. The number of benzene rings is 1. The van der Waals surface area contributed by atoms with Gasteiger partial charge in [0.15, 0.2) is 0 Å². The molecule has 0 aliphatic carbocycles. The number of unbranched alkanes of at least 4 members (excludes halogenated alkanes) is 2. The lowest BCUT2D eigenvalue weighted by atomic mass is 10.1. The molecular weight excluding hydrogens is 218 g/mol. The summed E-state index contributed by atoms with van der Waals surface area (Å²) in [6.07, 6.45) is 2.38. The molecular formula is C13H19NO3. The molecule has 0 amide bonds. The van der Waals surface area contributed by atoms with Crippen molar-refractivity contribution in [3.8, 4) is 0 Å². The van der Waals surface area contributed by atoms with E-state index < -0.39 is 0 Å². The summed E-state index contributed by atoms with van der Waals surface area (Å²) in [5.41, 5.74) is 7.56. The number of aryl methyl sites for hydroxylation is 1. The van der Waals surface area contributed by atoms with Crippen molar-refractivity contribution in [3.63, 3.8) is 0 Å². The van der Waals surface area contributed by atoms with Crippen LogP contribution >= 0.6 is 0 Å². The number of carbonyl (C=O) groups is 1. The maximum atomic E-state index is 11.7. The maximum absolute atomic E-state index is 11.7. The highest BCUT2D eigenvalue weighted by molar-refractivity contribution is 5.92. The van der Waals surface area contributed by atoms with Gasteiger partial charge in [0.2, 0.25) is 0 Å². The number of carbonyl (C=O) groups excluding carboxylic acids is 1. The van der Waals surface area contributed by atoms with Crippen LogP contribution in [-0.4, -0.2) is 24.3 Å². The van der Waals surface area contributed by atoms with E-state index in [0.29, 0.717) is 17.9 Å². The third-order valence-corrected chi connectivity index (χ3v) is 2.52. The summed E-state index contributed by atoms with van der Waals surface area (Å²) in [5.74, 6) is -0.334. The molecule has 4 heteroatoms. The third-order valence-electron chi connectivity index (χ3n) is 2.52. The Morgan fingerprint density at radius 2 is 2.12 bits per heavy atom. The standard InChI is InChI=1S/C13H19NO3/c1-10-5-6-11(14)9-12(10)13(16)17-8-4-2-3-7-15/h5-6,9,15H,2-4,7-8,14H2,1H3. The number of anilines is 1. The molecule has 0 aromatic heterocycles. The number of ether oxygens (including phenoxy) is 1. The highest BCUT2D eigenvalue weighted by Crippen LogP contribution is 2.14. The van der Waals surface area contributed by atoms with Crippen LogP contribution in [0.5, 0.6) is 0 Å². The Morgan fingerprint density at radius 3 is 2.82 bits per heavy atom. The van der Waals surface area contributed by atoms with E-state index in [0.717, 1.165) is 24.8 Å². The van der Waals surface area contributed by atoms with Gasteiger partial charge in [0, 0.05) is 12.3 Å². The fraction of sp³-hybridized carbons (Fsp3) is 0.462. The van der Waals surface area contributed by atoms with Gasteiger partial charge in [-0.25, -0.2) is 4.79 Å². The average molecular weight is 237 g/mol. The molecule has 0 radical (unpaired) electrons. The maximum Gasteiger partial charge on any atom is 0.338 e. The van der Waals surface area contributed by atoms with Crippen molar-refractivity contribution in [1.29, 1.82) is 0 Å². The van der Waals surface area contributed by atoms with Gasteiger partial charge in [-0.05, 0) is 43.9 Å². The van der Waals surface area contributed by atoms with Gasteiger partial charge in [-0.15, -0.1) is 0 Å². The van der Waals surface area contributed by atoms with Gasteiger partial charge in [-0.1, -0.05) is 6.07 Å². The molecule has 3 N–H and O–H groups in total. The first kappa shape index (κ1) is 13.5. The SMILES string of the molecule is Cc1ccc(N)cc1C(=O)OCCCCCO. The van der Waals surface area contributed by atoms with Crippen LogP contribution in [0.2, 0.25) is 0 Å². The molecule has 0 spiro atoms. The predicted octanol–water partition coefficient (Wildman–Crippen LogP) is 1.90. The second-order valence-corrected chi connectivity index (χ2v) is 3.99. The quantitative estimate of drug-likeness (QED) is 0.450. The molecule has 0 aliphatic heterocycles. The molecule has 4 nitrogen and oxygen atoms in total. The molecule has 1 aromatic carbocycles. The van der Waals surface area contributed by atoms with Gasteiger partial charge in [-0.3, -0.25) is 0 Å². The Hall–Kier alpha value is -1.55. The Balaban J connectivity index is 2.44. The van der Waals surface area contributed by atoms with Crippen LogP contribution in [-0.2, 0) is 4.74 Å². The molecule has 0 bridgehead atoms. The fourth-order valence-electron chi connectivity index (χ4n) is 1.49. The van der Waals surface area contributed by atoms with E-state index in [9.17, 15) is 4.79 Å². The van der Waals surface area contributed by atoms with E-state index in [1.807, 2.05) is 6.92 Å². The molecule has 0 saturated carbocycles. The van der Waals surface area contributed by atoms with Gasteiger partial charge in [0.1, 0.15) is 0 Å². The van der Waals surface area contributed by atoms with E-state index >= 15 is 0 Å². The van der Waals surface area contributed by atoms with Gasteiger partial charge in [0.05, 0.1) is 12.2 Å². The zero-order valence-corrected chi connectivity index (χ0v) is 10.1. The van der Waals surface area contributed by atoms with Gasteiger partial charge >= 0.3 is 5.97 Å².